The molecule has 0 heterocycles. The molecular formula is C11H21NO2. The molecular weight excluding hydrogens is 178 g/mol. The van der Waals surface area contributed by atoms with Crippen molar-refractivity contribution in [3.63, 3.8) is 0 Å². The molecule has 0 atom stereocenters. The molecule has 3 nitrogen and oxygen atoms in total. The Hall–Kier alpha value is -0.570. The number of hydrogen-bond acceptors (Lipinski definition) is 2. The first-order valence-electron chi connectivity index (χ1n) is 5.54. The van der Waals surface area contributed by atoms with Crippen LogP contribution in [0.25, 0.3) is 0 Å². The molecule has 2 N–H and O–H groups in total. The highest BCUT2D eigenvalue weighted by Gasteiger charge is 2.39. The van der Waals surface area contributed by atoms with Crippen LogP contribution >= 0.6 is 0 Å². The molecule has 0 bridgehead atoms. The van der Waals surface area contributed by atoms with Crippen LogP contribution < -0.4 is 5.32 Å². The lowest BCUT2D eigenvalue weighted by atomic mass is 9.74. The van der Waals surface area contributed by atoms with Gasteiger partial charge < -0.3 is 10.4 Å². The van der Waals surface area contributed by atoms with Crippen molar-refractivity contribution in [1.29, 1.82) is 0 Å². The van der Waals surface area contributed by atoms with E-state index in [1.165, 1.54) is 6.42 Å². The Morgan fingerprint density at radius 3 is 2.36 bits per heavy atom. The first-order chi connectivity index (χ1) is 6.57. The third-order valence-corrected chi connectivity index (χ3v) is 3.11. The summed E-state index contributed by atoms with van der Waals surface area (Å²) in [6.07, 6.45) is 4.99. The fourth-order valence-corrected chi connectivity index (χ4v) is 2.09. The maximum Gasteiger partial charge on any atom is 0.310 e. The molecule has 0 saturated heterocycles. The van der Waals surface area contributed by atoms with Gasteiger partial charge in [0.1, 0.15) is 0 Å². The van der Waals surface area contributed by atoms with Crippen LogP contribution in [0.15, 0.2) is 0 Å². The van der Waals surface area contributed by atoms with Crippen LogP contribution in [0.3, 0.4) is 0 Å². The Morgan fingerprint density at radius 2 is 1.93 bits per heavy atom. The van der Waals surface area contributed by atoms with E-state index in [0.29, 0.717) is 12.6 Å². The molecule has 0 aromatic rings. The summed E-state index contributed by atoms with van der Waals surface area (Å²) in [7, 11) is 0. The van der Waals surface area contributed by atoms with Crippen molar-refractivity contribution in [2.75, 3.05) is 6.54 Å². The molecule has 82 valence electrons. The van der Waals surface area contributed by atoms with Gasteiger partial charge in [-0.1, -0.05) is 33.1 Å². The summed E-state index contributed by atoms with van der Waals surface area (Å²) < 4.78 is 0. The summed E-state index contributed by atoms with van der Waals surface area (Å²) in [5.74, 6) is -0.620. The number of rotatable bonds is 4. The van der Waals surface area contributed by atoms with Crippen LogP contribution in [0.1, 0.15) is 46.0 Å². The van der Waals surface area contributed by atoms with Gasteiger partial charge in [-0.25, -0.2) is 0 Å². The van der Waals surface area contributed by atoms with Gasteiger partial charge in [-0.05, 0) is 12.8 Å². The third kappa shape index (κ3) is 2.71. The van der Waals surface area contributed by atoms with Crippen LogP contribution in [-0.2, 0) is 4.79 Å². The minimum atomic E-state index is -0.620. The predicted octanol–water partition coefficient (Wildman–Crippen LogP) is 2.02. The average Bonchev–Trinajstić information content (AvgIpc) is 2.16. The van der Waals surface area contributed by atoms with E-state index in [2.05, 4.69) is 19.2 Å². The first kappa shape index (κ1) is 11.5. The number of nitrogens with one attached hydrogen (secondary N) is 1. The molecule has 14 heavy (non-hydrogen) atoms. The fraction of sp³-hybridized carbons (Fsp3) is 0.909. The number of carbonyl (C=O) groups is 1. The second-order valence-corrected chi connectivity index (χ2v) is 4.68. The van der Waals surface area contributed by atoms with Gasteiger partial charge in [0.05, 0.1) is 5.41 Å². The van der Waals surface area contributed by atoms with Crippen LogP contribution in [0.4, 0.5) is 0 Å². The number of carboxylic acid groups (broad SMARTS) is 1. The molecule has 0 aliphatic heterocycles. The predicted molar refractivity (Wildman–Crippen MR) is 56.3 cm³/mol. The highest BCUT2D eigenvalue weighted by Crippen LogP contribution is 2.36. The van der Waals surface area contributed by atoms with Crippen LogP contribution in [0.5, 0.6) is 0 Å². The highest BCUT2D eigenvalue weighted by atomic mass is 16.4. The maximum absolute atomic E-state index is 11.2. The summed E-state index contributed by atoms with van der Waals surface area (Å²) in [6, 6.07) is 0.369. The van der Waals surface area contributed by atoms with Crippen molar-refractivity contribution >= 4 is 5.97 Å². The monoisotopic (exact) mass is 199 g/mol. The number of carboxylic acids is 1. The Labute approximate surface area is 85.9 Å². The van der Waals surface area contributed by atoms with Crippen molar-refractivity contribution in [2.24, 2.45) is 5.41 Å². The summed E-state index contributed by atoms with van der Waals surface area (Å²) in [5, 5.41) is 12.5. The van der Waals surface area contributed by atoms with Crippen molar-refractivity contribution < 1.29 is 9.90 Å². The SMILES string of the molecule is CC(C)NCC1(C(=O)O)CCCCC1. The second-order valence-electron chi connectivity index (χ2n) is 4.68. The fourth-order valence-electron chi connectivity index (χ4n) is 2.09. The van der Waals surface area contributed by atoms with E-state index in [1.54, 1.807) is 0 Å². The zero-order valence-corrected chi connectivity index (χ0v) is 9.18. The van der Waals surface area contributed by atoms with Gasteiger partial charge >= 0.3 is 5.97 Å². The molecule has 1 rings (SSSR count). The summed E-state index contributed by atoms with van der Waals surface area (Å²) in [6.45, 7) is 4.73. The molecule has 0 spiro atoms. The number of aliphatic carboxylic acids is 1. The largest absolute Gasteiger partial charge is 0.481 e. The van der Waals surface area contributed by atoms with E-state index < -0.39 is 11.4 Å². The molecule has 0 radical (unpaired) electrons. The molecule has 1 fully saturated rings. The van der Waals surface area contributed by atoms with E-state index in [4.69, 9.17) is 0 Å². The van der Waals surface area contributed by atoms with E-state index in [0.717, 1.165) is 25.7 Å². The van der Waals surface area contributed by atoms with Crippen LogP contribution in [0.2, 0.25) is 0 Å². The van der Waals surface area contributed by atoms with E-state index >= 15 is 0 Å². The highest BCUT2D eigenvalue weighted by molar-refractivity contribution is 5.75. The minimum Gasteiger partial charge on any atom is -0.481 e. The Balaban J connectivity index is 2.56. The molecule has 0 amide bonds. The lowest BCUT2D eigenvalue weighted by Crippen LogP contribution is -2.44. The van der Waals surface area contributed by atoms with E-state index in [9.17, 15) is 9.90 Å². The molecule has 1 aliphatic rings. The van der Waals surface area contributed by atoms with Crippen molar-refractivity contribution in [3.05, 3.63) is 0 Å². The smallest absolute Gasteiger partial charge is 0.310 e. The summed E-state index contributed by atoms with van der Waals surface area (Å²) in [4.78, 5) is 11.2. The normalized spacial score (nSPS) is 21.1. The van der Waals surface area contributed by atoms with E-state index in [1.807, 2.05) is 0 Å². The van der Waals surface area contributed by atoms with Gasteiger partial charge in [-0.2, -0.15) is 0 Å². The Bertz CT molecular complexity index is 195. The quantitative estimate of drug-likeness (QED) is 0.728. The third-order valence-electron chi connectivity index (χ3n) is 3.11. The van der Waals surface area contributed by atoms with Crippen LogP contribution in [-0.4, -0.2) is 23.7 Å². The molecule has 1 aliphatic carbocycles. The molecule has 0 unspecified atom stereocenters. The van der Waals surface area contributed by atoms with Crippen molar-refractivity contribution in [1.82, 2.24) is 5.32 Å². The Morgan fingerprint density at radius 1 is 1.36 bits per heavy atom. The maximum atomic E-state index is 11.2. The number of hydrogen-bond donors (Lipinski definition) is 2. The van der Waals surface area contributed by atoms with Gasteiger partial charge in [-0.3, -0.25) is 4.79 Å². The zero-order chi connectivity index (χ0) is 10.6. The lowest BCUT2D eigenvalue weighted by Gasteiger charge is -2.34. The molecule has 0 aromatic carbocycles. The standard InChI is InChI=1S/C11H21NO2/c1-9(2)12-8-11(10(13)14)6-4-3-5-7-11/h9,12H,3-8H2,1-2H3,(H,13,14). The van der Waals surface area contributed by atoms with Crippen molar-refractivity contribution in [3.8, 4) is 0 Å². The van der Waals surface area contributed by atoms with E-state index in [-0.39, 0.29) is 0 Å². The van der Waals surface area contributed by atoms with Crippen molar-refractivity contribution in [2.45, 2.75) is 52.0 Å². The summed E-state index contributed by atoms with van der Waals surface area (Å²) >= 11 is 0. The van der Waals surface area contributed by atoms with Crippen LogP contribution in [0, 0.1) is 5.41 Å². The molecule has 1 saturated carbocycles. The Kier molecular flexibility index (Phi) is 3.93. The lowest BCUT2D eigenvalue weighted by molar-refractivity contribution is -0.150. The van der Waals surface area contributed by atoms with Gasteiger partial charge in [0.25, 0.3) is 0 Å². The minimum absolute atomic E-state index is 0.369. The topological polar surface area (TPSA) is 49.3 Å². The van der Waals surface area contributed by atoms with Gasteiger partial charge in [-0.15, -0.1) is 0 Å². The zero-order valence-electron chi connectivity index (χ0n) is 9.18. The first-order valence-corrected chi connectivity index (χ1v) is 5.54. The van der Waals surface area contributed by atoms with Gasteiger partial charge in [0.15, 0.2) is 0 Å². The summed E-state index contributed by atoms with van der Waals surface area (Å²) in [5.41, 5.74) is -0.484. The average molecular weight is 199 g/mol. The van der Waals surface area contributed by atoms with Gasteiger partial charge in [0, 0.05) is 12.6 Å². The molecule has 0 aromatic heterocycles. The second kappa shape index (κ2) is 4.78. The molecule has 3 heteroatoms. The van der Waals surface area contributed by atoms with Gasteiger partial charge in [0.2, 0.25) is 0 Å².